The van der Waals surface area contributed by atoms with Gasteiger partial charge in [0.1, 0.15) is 0 Å². The fourth-order valence-corrected chi connectivity index (χ4v) is 0.691. The lowest BCUT2D eigenvalue weighted by atomic mass is 10.0. The van der Waals surface area contributed by atoms with Gasteiger partial charge in [-0.25, -0.2) is 0 Å². The van der Waals surface area contributed by atoms with E-state index < -0.39 is 0 Å². The quantitative estimate of drug-likeness (QED) is 0.713. The van der Waals surface area contributed by atoms with E-state index >= 15 is 0 Å². The van der Waals surface area contributed by atoms with Gasteiger partial charge in [0, 0.05) is 11.8 Å². The third kappa shape index (κ3) is 9.03. The molecule has 0 saturated heterocycles. The van der Waals surface area contributed by atoms with Gasteiger partial charge in [0.2, 0.25) is 11.8 Å². The average Bonchev–Trinajstić information content (AvgIpc) is 2.06. The summed E-state index contributed by atoms with van der Waals surface area (Å²) in [5, 5.41) is 0. The zero-order chi connectivity index (χ0) is 11.7. The summed E-state index contributed by atoms with van der Waals surface area (Å²) < 4.78 is 0. The number of hydrogen-bond acceptors (Lipinski definition) is 2. The molecule has 0 radical (unpaired) electrons. The highest BCUT2D eigenvalue weighted by Gasteiger charge is 2.07. The van der Waals surface area contributed by atoms with Gasteiger partial charge in [0.05, 0.1) is 0 Å². The maximum atomic E-state index is 10.4. The minimum Gasteiger partial charge on any atom is -0.369 e. The largest absolute Gasteiger partial charge is 0.369 e. The van der Waals surface area contributed by atoms with Crippen molar-refractivity contribution in [3.8, 4) is 0 Å². The molecule has 0 aliphatic carbocycles. The molecule has 0 aliphatic rings. The number of hydrogen-bond donors (Lipinski definition) is 2. The van der Waals surface area contributed by atoms with E-state index in [0.29, 0.717) is 0 Å². The molecule has 0 spiro atoms. The van der Waals surface area contributed by atoms with Gasteiger partial charge in [-0.3, -0.25) is 9.59 Å². The lowest BCUT2D eigenvalue weighted by molar-refractivity contribution is -0.122. The Hall–Kier alpha value is -1.06. The highest BCUT2D eigenvalue weighted by atomic mass is 16.1. The van der Waals surface area contributed by atoms with E-state index in [1.54, 1.807) is 13.8 Å². The predicted molar refractivity (Wildman–Crippen MR) is 57.3 cm³/mol. The van der Waals surface area contributed by atoms with Crippen LogP contribution in [0.4, 0.5) is 0 Å². The summed E-state index contributed by atoms with van der Waals surface area (Å²) in [4.78, 5) is 20.3. The standard InChI is InChI=1S/C6H13NO.C4H9NO/c1-3-5(4-2)6(7)8;1-3(2)4(5)6/h5H,3-4H2,1-2H3,(H2,7,8);3H,1-2H3,(H2,5,6). The topological polar surface area (TPSA) is 86.2 Å². The van der Waals surface area contributed by atoms with Crippen LogP contribution in [0.15, 0.2) is 0 Å². The van der Waals surface area contributed by atoms with Crippen molar-refractivity contribution in [2.24, 2.45) is 23.3 Å². The highest BCUT2D eigenvalue weighted by Crippen LogP contribution is 2.04. The Morgan fingerprint density at radius 2 is 1.29 bits per heavy atom. The molecule has 4 nitrogen and oxygen atoms in total. The van der Waals surface area contributed by atoms with Crippen molar-refractivity contribution in [3.63, 3.8) is 0 Å². The predicted octanol–water partition coefficient (Wildman–Crippen LogP) is 1.04. The van der Waals surface area contributed by atoms with Crippen LogP contribution in [0, 0.1) is 11.8 Å². The van der Waals surface area contributed by atoms with Gasteiger partial charge in [0.15, 0.2) is 0 Å². The van der Waals surface area contributed by atoms with Crippen LogP contribution in [0.3, 0.4) is 0 Å². The first-order chi connectivity index (χ1) is 6.36. The van der Waals surface area contributed by atoms with E-state index in [4.69, 9.17) is 11.5 Å². The smallest absolute Gasteiger partial charge is 0.220 e. The second-order valence-corrected chi connectivity index (χ2v) is 3.47. The SMILES string of the molecule is CC(C)C(N)=O.CCC(CC)C(N)=O. The zero-order valence-corrected chi connectivity index (χ0v) is 9.54. The fourth-order valence-electron chi connectivity index (χ4n) is 0.691. The second kappa shape index (κ2) is 8.53. The molecule has 0 rings (SSSR count). The monoisotopic (exact) mass is 202 g/mol. The first-order valence-electron chi connectivity index (χ1n) is 4.95. The molecule has 14 heavy (non-hydrogen) atoms. The normalized spacial score (nSPS) is 9.57. The Kier molecular flexibility index (Phi) is 9.40. The van der Waals surface area contributed by atoms with Gasteiger partial charge in [0.25, 0.3) is 0 Å². The molecule has 4 N–H and O–H groups in total. The summed E-state index contributed by atoms with van der Waals surface area (Å²) in [7, 11) is 0. The summed E-state index contributed by atoms with van der Waals surface area (Å²) in [5.41, 5.74) is 9.82. The maximum absolute atomic E-state index is 10.4. The van der Waals surface area contributed by atoms with Gasteiger partial charge in [-0.15, -0.1) is 0 Å². The molecule has 0 fully saturated rings. The van der Waals surface area contributed by atoms with Crippen molar-refractivity contribution in [1.82, 2.24) is 0 Å². The Morgan fingerprint density at radius 3 is 1.29 bits per heavy atom. The average molecular weight is 202 g/mol. The van der Waals surface area contributed by atoms with Gasteiger partial charge in [-0.2, -0.15) is 0 Å². The molecule has 0 aromatic carbocycles. The van der Waals surface area contributed by atoms with Crippen LogP contribution in [-0.2, 0) is 9.59 Å². The minimum absolute atomic E-state index is 0.00926. The molecule has 2 amide bonds. The molecular formula is C10H22N2O2. The third-order valence-corrected chi connectivity index (χ3v) is 1.96. The molecule has 0 heterocycles. The summed E-state index contributed by atoms with van der Waals surface area (Å²) in [6.45, 7) is 7.47. The first-order valence-corrected chi connectivity index (χ1v) is 4.95. The van der Waals surface area contributed by atoms with Crippen molar-refractivity contribution >= 4 is 11.8 Å². The van der Waals surface area contributed by atoms with E-state index in [2.05, 4.69) is 0 Å². The second-order valence-electron chi connectivity index (χ2n) is 3.47. The van der Waals surface area contributed by atoms with Crippen molar-refractivity contribution in [3.05, 3.63) is 0 Å². The Morgan fingerprint density at radius 1 is 1.00 bits per heavy atom. The van der Waals surface area contributed by atoms with Crippen LogP contribution in [0.1, 0.15) is 40.5 Å². The van der Waals surface area contributed by atoms with Crippen LogP contribution in [-0.4, -0.2) is 11.8 Å². The molecule has 84 valence electrons. The van der Waals surface area contributed by atoms with E-state index in [-0.39, 0.29) is 23.7 Å². The van der Waals surface area contributed by atoms with Crippen LogP contribution >= 0.6 is 0 Å². The van der Waals surface area contributed by atoms with Gasteiger partial charge >= 0.3 is 0 Å². The van der Waals surface area contributed by atoms with Crippen molar-refractivity contribution in [2.45, 2.75) is 40.5 Å². The Balaban J connectivity index is 0. The van der Waals surface area contributed by atoms with E-state index in [9.17, 15) is 9.59 Å². The lowest BCUT2D eigenvalue weighted by Crippen LogP contribution is -2.21. The number of primary amides is 2. The van der Waals surface area contributed by atoms with E-state index in [1.807, 2.05) is 13.8 Å². The Bertz CT molecular complexity index is 175. The summed E-state index contributed by atoms with van der Waals surface area (Å²) in [5.74, 6) is -0.329. The van der Waals surface area contributed by atoms with Crippen LogP contribution in [0.25, 0.3) is 0 Å². The van der Waals surface area contributed by atoms with Crippen LogP contribution in [0.2, 0.25) is 0 Å². The molecule has 4 heteroatoms. The molecule has 0 aliphatic heterocycles. The summed E-state index contributed by atoms with van der Waals surface area (Å²) in [6, 6.07) is 0. The summed E-state index contributed by atoms with van der Waals surface area (Å²) >= 11 is 0. The van der Waals surface area contributed by atoms with Crippen LogP contribution < -0.4 is 11.5 Å². The van der Waals surface area contributed by atoms with E-state index in [0.717, 1.165) is 12.8 Å². The molecule has 0 unspecified atom stereocenters. The zero-order valence-electron chi connectivity index (χ0n) is 9.54. The minimum atomic E-state index is -0.241. The maximum Gasteiger partial charge on any atom is 0.220 e. The molecule has 0 aromatic heterocycles. The van der Waals surface area contributed by atoms with Crippen molar-refractivity contribution < 1.29 is 9.59 Å². The highest BCUT2D eigenvalue weighted by molar-refractivity contribution is 5.76. The molecule has 0 saturated carbocycles. The van der Waals surface area contributed by atoms with Crippen molar-refractivity contribution in [2.75, 3.05) is 0 Å². The number of carbonyl (C=O) groups is 2. The third-order valence-electron chi connectivity index (χ3n) is 1.96. The lowest BCUT2D eigenvalue weighted by Gasteiger charge is -2.04. The molecule has 0 bridgehead atoms. The van der Waals surface area contributed by atoms with Crippen LogP contribution in [0.5, 0.6) is 0 Å². The van der Waals surface area contributed by atoms with Gasteiger partial charge in [-0.05, 0) is 12.8 Å². The molecule has 0 aromatic rings. The van der Waals surface area contributed by atoms with E-state index in [1.165, 1.54) is 0 Å². The van der Waals surface area contributed by atoms with Gasteiger partial charge in [-0.1, -0.05) is 27.7 Å². The number of carbonyl (C=O) groups excluding carboxylic acids is 2. The number of nitrogens with two attached hydrogens (primary N) is 2. The molecule has 0 atom stereocenters. The number of rotatable bonds is 4. The fraction of sp³-hybridized carbons (Fsp3) is 0.800. The van der Waals surface area contributed by atoms with Crippen molar-refractivity contribution in [1.29, 1.82) is 0 Å². The summed E-state index contributed by atoms with van der Waals surface area (Å²) in [6.07, 6.45) is 1.73. The number of amides is 2. The molecular weight excluding hydrogens is 180 g/mol. The Labute approximate surface area is 86.0 Å². The first kappa shape index (κ1) is 15.4. The van der Waals surface area contributed by atoms with Gasteiger partial charge < -0.3 is 11.5 Å².